The molecule has 0 saturated heterocycles. The SMILES string of the molecule is CCC(NC(C)c1ccc(F)cc1F)c1cccc(Cl)c1. The fourth-order valence-electron chi connectivity index (χ4n) is 2.42. The van der Waals surface area contributed by atoms with Crippen LogP contribution in [0.15, 0.2) is 42.5 Å². The minimum Gasteiger partial charge on any atom is -0.303 e. The Bertz CT molecular complexity index is 615. The van der Waals surface area contributed by atoms with Crippen molar-refractivity contribution in [2.24, 2.45) is 0 Å². The van der Waals surface area contributed by atoms with Crippen molar-refractivity contribution in [3.05, 3.63) is 70.2 Å². The lowest BCUT2D eigenvalue weighted by Gasteiger charge is -2.23. The molecule has 0 spiro atoms. The highest BCUT2D eigenvalue weighted by molar-refractivity contribution is 6.30. The number of benzene rings is 2. The molecular formula is C17H18ClF2N. The molecule has 0 heterocycles. The van der Waals surface area contributed by atoms with E-state index in [4.69, 9.17) is 11.6 Å². The largest absolute Gasteiger partial charge is 0.303 e. The summed E-state index contributed by atoms with van der Waals surface area (Å²) in [5.41, 5.74) is 1.51. The third-order valence-electron chi connectivity index (χ3n) is 3.54. The molecule has 0 saturated carbocycles. The number of halogens is 3. The van der Waals surface area contributed by atoms with Crippen molar-refractivity contribution in [3.63, 3.8) is 0 Å². The van der Waals surface area contributed by atoms with Gasteiger partial charge in [-0.15, -0.1) is 0 Å². The van der Waals surface area contributed by atoms with Crippen molar-refractivity contribution in [2.45, 2.75) is 32.4 Å². The van der Waals surface area contributed by atoms with Crippen LogP contribution in [0.2, 0.25) is 5.02 Å². The van der Waals surface area contributed by atoms with Crippen molar-refractivity contribution >= 4 is 11.6 Å². The van der Waals surface area contributed by atoms with Crippen LogP contribution in [0.25, 0.3) is 0 Å². The third kappa shape index (κ3) is 4.02. The van der Waals surface area contributed by atoms with E-state index in [1.165, 1.54) is 12.1 Å². The summed E-state index contributed by atoms with van der Waals surface area (Å²) in [6.45, 7) is 3.91. The predicted octanol–water partition coefficient (Wildman–Crippen LogP) is 5.42. The summed E-state index contributed by atoms with van der Waals surface area (Å²) >= 11 is 6.01. The molecule has 0 radical (unpaired) electrons. The van der Waals surface area contributed by atoms with Gasteiger partial charge in [-0.1, -0.05) is 36.7 Å². The van der Waals surface area contributed by atoms with Crippen molar-refractivity contribution in [1.29, 1.82) is 0 Å². The normalized spacial score (nSPS) is 14.0. The van der Waals surface area contributed by atoms with E-state index in [1.807, 2.05) is 38.1 Å². The zero-order valence-corrected chi connectivity index (χ0v) is 12.8. The van der Waals surface area contributed by atoms with E-state index in [9.17, 15) is 8.78 Å². The van der Waals surface area contributed by atoms with Gasteiger partial charge in [0.15, 0.2) is 0 Å². The first-order valence-corrected chi connectivity index (χ1v) is 7.35. The van der Waals surface area contributed by atoms with Crippen LogP contribution >= 0.6 is 11.6 Å². The lowest BCUT2D eigenvalue weighted by atomic mass is 10.0. The van der Waals surface area contributed by atoms with Crippen LogP contribution in [-0.4, -0.2) is 0 Å². The Morgan fingerprint density at radius 2 is 1.90 bits per heavy atom. The summed E-state index contributed by atoms with van der Waals surface area (Å²) in [7, 11) is 0. The molecular weight excluding hydrogens is 292 g/mol. The topological polar surface area (TPSA) is 12.0 Å². The lowest BCUT2D eigenvalue weighted by molar-refractivity contribution is 0.441. The second-order valence-corrected chi connectivity index (χ2v) is 5.51. The van der Waals surface area contributed by atoms with E-state index in [0.29, 0.717) is 10.6 Å². The molecule has 0 aliphatic carbocycles. The van der Waals surface area contributed by atoms with Crippen LogP contribution in [0, 0.1) is 11.6 Å². The van der Waals surface area contributed by atoms with Crippen LogP contribution < -0.4 is 5.32 Å². The summed E-state index contributed by atoms with van der Waals surface area (Å²) in [5, 5.41) is 4.04. The van der Waals surface area contributed by atoms with Crippen molar-refractivity contribution < 1.29 is 8.78 Å². The summed E-state index contributed by atoms with van der Waals surface area (Å²) in [6, 6.07) is 11.1. The molecule has 2 aromatic rings. The Kier molecular flexibility index (Phi) is 5.32. The number of nitrogens with one attached hydrogen (secondary N) is 1. The van der Waals surface area contributed by atoms with Crippen molar-refractivity contribution in [3.8, 4) is 0 Å². The minimum absolute atomic E-state index is 0.0585. The van der Waals surface area contributed by atoms with Gasteiger partial charge in [-0.2, -0.15) is 0 Å². The number of hydrogen-bond acceptors (Lipinski definition) is 1. The maximum absolute atomic E-state index is 13.8. The molecule has 0 bridgehead atoms. The predicted molar refractivity (Wildman–Crippen MR) is 82.4 cm³/mol. The van der Waals surface area contributed by atoms with Gasteiger partial charge in [-0.25, -0.2) is 8.78 Å². The molecule has 0 aromatic heterocycles. The fourth-order valence-corrected chi connectivity index (χ4v) is 2.62. The van der Waals surface area contributed by atoms with Crippen LogP contribution in [0.4, 0.5) is 8.78 Å². The molecule has 2 atom stereocenters. The minimum atomic E-state index is -0.565. The van der Waals surface area contributed by atoms with E-state index in [1.54, 1.807) is 0 Å². The second-order valence-electron chi connectivity index (χ2n) is 5.07. The van der Waals surface area contributed by atoms with Gasteiger partial charge in [-0.05, 0) is 37.1 Å². The first-order chi connectivity index (χ1) is 10.0. The van der Waals surface area contributed by atoms with Gasteiger partial charge in [0.1, 0.15) is 11.6 Å². The molecule has 1 N–H and O–H groups in total. The molecule has 0 aliphatic rings. The molecule has 4 heteroatoms. The first-order valence-electron chi connectivity index (χ1n) is 6.97. The molecule has 2 rings (SSSR count). The molecule has 0 amide bonds. The van der Waals surface area contributed by atoms with Crippen molar-refractivity contribution in [1.82, 2.24) is 5.32 Å². The Morgan fingerprint density at radius 1 is 1.14 bits per heavy atom. The maximum Gasteiger partial charge on any atom is 0.130 e. The zero-order chi connectivity index (χ0) is 15.4. The smallest absolute Gasteiger partial charge is 0.130 e. The quantitative estimate of drug-likeness (QED) is 0.777. The van der Waals surface area contributed by atoms with E-state index in [-0.39, 0.29) is 12.1 Å². The van der Waals surface area contributed by atoms with E-state index in [2.05, 4.69) is 5.32 Å². The van der Waals surface area contributed by atoms with Crippen LogP contribution in [0.3, 0.4) is 0 Å². The highest BCUT2D eigenvalue weighted by Gasteiger charge is 2.17. The standard InChI is InChI=1S/C17H18ClF2N/c1-3-17(12-5-4-6-13(18)9-12)21-11(2)15-8-7-14(19)10-16(15)20/h4-11,17,21H,3H2,1-2H3. The molecule has 0 aliphatic heterocycles. The maximum atomic E-state index is 13.8. The van der Waals surface area contributed by atoms with Gasteiger partial charge in [-0.3, -0.25) is 0 Å². The van der Waals surface area contributed by atoms with E-state index >= 15 is 0 Å². The highest BCUT2D eigenvalue weighted by Crippen LogP contribution is 2.25. The molecule has 0 fully saturated rings. The fraction of sp³-hybridized carbons (Fsp3) is 0.294. The molecule has 112 valence electrons. The van der Waals surface area contributed by atoms with Gasteiger partial charge in [0.2, 0.25) is 0 Å². The monoisotopic (exact) mass is 309 g/mol. The zero-order valence-electron chi connectivity index (χ0n) is 12.0. The average Bonchev–Trinajstić information content (AvgIpc) is 2.44. The van der Waals surface area contributed by atoms with Gasteiger partial charge in [0.05, 0.1) is 0 Å². The Hall–Kier alpha value is -1.45. The Morgan fingerprint density at radius 3 is 2.52 bits per heavy atom. The Labute approximate surface area is 128 Å². The second kappa shape index (κ2) is 7.01. The van der Waals surface area contributed by atoms with Crippen LogP contribution in [-0.2, 0) is 0 Å². The highest BCUT2D eigenvalue weighted by atomic mass is 35.5. The van der Waals surface area contributed by atoms with Gasteiger partial charge in [0, 0.05) is 28.7 Å². The summed E-state index contributed by atoms with van der Waals surface area (Å²) in [6.07, 6.45) is 0.841. The number of hydrogen-bond donors (Lipinski definition) is 1. The van der Waals surface area contributed by atoms with Gasteiger partial charge in [0.25, 0.3) is 0 Å². The van der Waals surface area contributed by atoms with Crippen LogP contribution in [0.1, 0.15) is 43.5 Å². The molecule has 2 aromatic carbocycles. The van der Waals surface area contributed by atoms with Crippen LogP contribution in [0.5, 0.6) is 0 Å². The summed E-state index contributed by atoms with van der Waals surface area (Å²) in [4.78, 5) is 0. The third-order valence-corrected chi connectivity index (χ3v) is 3.77. The van der Waals surface area contributed by atoms with Crippen molar-refractivity contribution in [2.75, 3.05) is 0 Å². The first kappa shape index (κ1) is 15.9. The van der Waals surface area contributed by atoms with E-state index < -0.39 is 11.6 Å². The molecule has 21 heavy (non-hydrogen) atoms. The Balaban J connectivity index is 2.18. The molecule has 1 nitrogen and oxygen atoms in total. The number of rotatable bonds is 5. The van der Waals surface area contributed by atoms with E-state index in [0.717, 1.165) is 18.1 Å². The summed E-state index contributed by atoms with van der Waals surface area (Å²) < 4.78 is 26.8. The van der Waals surface area contributed by atoms with Gasteiger partial charge >= 0.3 is 0 Å². The average molecular weight is 310 g/mol. The van der Waals surface area contributed by atoms with Gasteiger partial charge < -0.3 is 5.32 Å². The summed E-state index contributed by atoms with van der Waals surface area (Å²) in [5.74, 6) is -1.10. The lowest BCUT2D eigenvalue weighted by Crippen LogP contribution is -2.25. The molecule has 2 unspecified atom stereocenters.